The Balaban J connectivity index is 2.79. The SMILES string of the molecule is CCCC[C@H](N)C(=O)Nc1ccccc1NS(C)(=O)=O. The lowest BCUT2D eigenvalue weighted by atomic mass is 10.1. The van der Waals surface area contributed by atoms with Crippen molar-refractivity contribution in [3.8, 4) is 0 Å². The summed E-state index contributed by atoms with van der Waals surface area (Å²) in [5.74, 6) is -0.318. The summed E-state index contributed by atoms with van der Waals surface area (Å²) in [5, 5.41) is 2.65. The summed E-state index contributed by atoms with van der Waals surface area (Å²) in [7, 11) is -3.40. The molecule has 4 N–H and O–H groups in total. The highest BCUT2D eigenvalue weighted by atomic mass is 32.2. The number of nitrogens with one attached hydrogen (secondary N) is 2. The van der Waals surface area contributed by atoms with Gasteiger partial charge in [-0.2, -0.15) is 0 Å². The largest absolute Gasteiger partial charge is 0.323 e. The smallest absolute Gasteiger partial charge is 0.241 e. The van der Waals surface area contributed by atoms with Crippen molar-refractivity contribution in [3.05, 3.63) is 24.3 Å². The number of unbranched alkanes of at least 4 members (excludes halogenated alkanes) is 1. The van der Waals surface area contributed by atoms with E-state index in [1.165, 1.54) is 0 Å². The predicted octanol–water partition coefficient (Wildman–Crippen LogP) is 1.51. The quantitative estimate of drug-likeness (QED) is 0.710. The molecule has 1 rings (SSSR count). The van der Waals surface area contributed by atoms with Gasteiger partial charge in [-0.05, 0) is 18.6 Å². The van der Waals surface area contributed by atoms with Crippen LogP contribution in [0.3, 0.4) is 0 Å². The van der Waals surface area contributed by atoms with Crippen LogP contribution < -0.4 is 15.8 Å². The third-order valence-electron chi connectivity index (χ3n) is 2.69. The molecule has 0 aliphatic carbocycles. The second-order valence-electron chi connectivity index (χ2n) is 4.66. The number of hydrogen-bond acceptors (Lipinski definition) is 4. The Morgan fingerprint density at radius 1 is 1.30 bits per heavy atom. The molecule has 20 heavy (non-hydrogen) atoms. The molecule has 1 aromatic rings. The van der Waals surface area contributed by atoms with Crippen LogP contribution >= 0.6 is 0 Å². The molecule has 0 fully saturated rings. The number of amides is 1. The summed E-state index contributed by atoms with van der Waals surface area (Å²) in [6.45, 7) is 2.02. The van der Waals surface area contributed by atoms with Gasteiger partial charge in [0.05, 0.1) is 23.7 Å². The van der Waals surface area contributed by atoms with Crippen LogP contribution in [0.4, 0.5) is 11.4 Å². The number of sulfonamides is 1. The van der Waals surface area contributed by atoms with E-state index in [4.69, 9.17) is 5.73 Å². The van der Waals surface area contributed by atoms with Crippen LogP contribution in [-0.2, 0) is 14.8 Å². The van der Waals surface area contributed by atoms with E-state index < -0.39 is 16.1 Å². The van der Waals surface area contributed by atoms with Gasteiger partial charge in [0.2, 0.25) is 15.9 Å². The number of carbonyl (C=O) groups is 1. The van der Waals surface area contributed by atoms with E-state index >= 15 is 0 Å². The topological polar surface area (TPSA) is 101 Å². The number of nitrogens with two attached hydrogens (primary N) is 1. The summed E-state index contributed by atoms with van der Waals surface area (Å²) in [5.41, 5.74) is 6.50. The maximum absolute atomic E-state index is 11.9. The second kappa shape index (κ2) is 7.25. The van der Waals surface area contributed by atoms with Crippen LogP contribution in [0, 0.1) is 0 Å². The summed E-state index contributed by atoms with van der Waals surface area (Å²) in [6.07, 6.45) is 3.49. The minimum Gasteiger partial charge on any atom is -0.323 e. The van der Waals surface area contributed by atoms with E-state index in [2.05, 4.69) is 10.0 Å². The molecular weight excluding hydrogens is 278 g/mol. The number of hydrogen-bond donors (Lipinski definition) is 3. The molecule has 0 aliphatic heterocycles. The van der Waals surface area contributed by atoms with Crippen molar-refractivity contribution in [2.75, 3.05) is 16.3 Å². The first-order valence-electron chi connectivity index (χ1n) is 6.46. The van der Waals surface area contributed by atoms with E-state index in [1.54, 1.807) is 24.3 Å². The summed E-state index contributed by atoms with van der Waals surface area (Å²) >= 11 is 0. The zero-order valence-corrected chi connectivity index (χ0v) is 12.5. The Morgan fingerprint density at radius 3 is 2.45 bits per heavy atom. The molecule has 1 aromatic carbocycles. The predicted molar refractivity (Wildman–Crippen MR) is 81.0 cm³/mol. The van der Waals surface area contributed by atoms with Crippen molar-refractivity contribution in [2.24, 2.45) is 5.73 Å². The molecule has 0 heterocycles. The van der Waals surface area contributed by atoms with Crippen molar-refractivity contribution in [3.63, 3.8) is 0 Å². The minimum atomic E-state index is -3.40. The van der Waals surface area contributed by atoms with Crippen LogP contribution in [0.5, 0.6) is 0 Å². The summed E-state index contributed by atoms with van der Waals surface area (Å²) in [6, 6.07) is 5.99. The molecule has 0 bridgehead atoms. The molecule has 0 radical (unpaired) electrons. The molecule has 112 valence electrons. The first kappa shape index (κ1) is 16.5. The van der Waals surface area contributed by atoms with Crippen LogP contribution in [0.1, 0.15) is 26.2 Å². The maximum Gasteiger partial charge on any atom is 0.241 e. The van der Waals surface area contributed by atoms with Crippen molar-refractivity contribution < 1.29 is 13.2 Å². The average Bonchev–Trinajstić information content (AvgIpc) is 2.36. The van der Waals surface area contributed by atoms with E-state index in [0.29, 0.717) is 17.8 Å². The van der Waals surface area contributed by atoms with Gasteiger partial charge in [0.25, 0.3) is 0 Å². The number of rotatable bonds is 7. The van der Waals surface area contributed by atoms with Crippen LogP contribution in [0.2, 0.25) is 0 Å². The van der Waals surface area contributed by atoms with Gasteiger partial charge < -0.3 is 11.1 Å². The van der Waals surface area contributed by atoms with Gasteiger partial charge in [-0.15, -0.1) is 0 Å². The van der Waals surface area contributed by atoms with Gasteiger partial charge in [0.1, 0.15) is 0 Å². The van der Waals surface area contributed by atoms with Crippen molar-refractivity contribution in [1.29, 1.82) is 0 Å². The molecule has 0 spiro atoms. The Labute approximate surface area is 119 Å². The molecule has 1 amide bonds. The average molecular weight is 299 g/mol. The van der Waals surface area contributed by atoms with E-state index in [0.717, 1.165) is 19.1 Å². The van der Waals surface area contributed by atoms with Crippen molar-refractivity contribution in [1.82, 2.24) is 0 Å². The lowest BCUT2D eigenvalue weighted by Crippen LogP contribution is -2.35. The monoisotopic (exact) mass is 299 g/mol. The van der Waals surface area contributed by atoms with Crippen LogP contribution in [-0.4, -0.2) is 26.6 Å². The number of carbonyl (C=O) groups excluding carboxylic acids is 1. The van der Waals surface area contributed by atoms with E-state index in [1.807, 2.05) is 6.92 Å². The zero-order valence-electron chi connectivity index (χ0n) is 11.7. The third kappa shape index (κ3) is 5.58. The first-order valence-corrected chi connectivity index (χ1v) is 8.36. The third-order valence-corrected chi connectivity index (χ3v) is 3.28. The number of anilines is 2. The molecule has 0 saturated heterocycles. The van der Waals surface area contributed by atoms with E-state index in [-0.39, 0.29) is 5.91 Å². The van der Waals surface area contributed by atoms with Crippen LogP contribution in [0.15, 0.2) is 24.3 Å². The molecule has 0 aliphatic rings. The maximum atomic E-state index is 11.9. The van der Waals surface area contributed by atoms with Gasteiger partial charge >= 0.3 is 0 Å². The molecule has 1 atom stereocenters. The lowest BCUT2D eigenvalue weighted by molar-refractivity contribution is -0.117. The first-order chi connectivity index (χ1) is 9.33. The fraction of sp³-hybridized carbons (Fsp3) is 0.462. The second-order valence-corrected chi connectivity index (χ2v) is 6.41. The number of benzene rings is 1. The van der Waals surface area contributed by atoms with Gasteiger partial charge in [-0.25, -0.2) is 8.42 Å². The fourth-order valence-corrected chi connectivity index (χ4v) is 2.24. The number of para-hydroxylation sites is 2. The van der Waals surface area contributed by atoms with E-state index in [9.17, 15) is 13.2 Å². The highest BCUT2D eigenvalue weighted by Crippen LogP contribution is 2.22. The molecule has 6 nitrogen and oxygen atoms in total. The Bertz CT molecular complexity index is 558. The fourth-order valence-electron chi connectivity index (χ4n) is 1.66. The Kier molecular flexibility index (Phi) is 5.97. The van der Waals surface area contributed by atoms with Gasteiger partial charge in [0.15, 0.2) is 0 Å². The highest BCUT2D eigenvalue weighted by Gasteiger charge is 2.15. The summed E-state index contributed by atoms with van der Waals surface area (Å²) < 4.78 is 24.9. The lowest BCUT2D eigenvalue weighted by Gasteiger charge is -2.15. The van der Waals surface area contributed by atoms with Gasteiger partial charge in [0, 0.05) is 0 Å². The molecule has 0 saturated carbocycles. The molecular formula is C13H21N3O3S. The molecule has 0 aromatic heterocycles. The standard InChI is InChI=1S/C13H21N3O3S/c1-3-4-7-10(14)13(17)15-11-8-5-6-9-12(11)16-20(2,18)19/h5-6,8-10,16H,3-4,7,14H2,1-2H3,(H,15,17)/t10-/m0/s1. The normalized spacial score (nSPS) is 12.8. The highest BCUT2D eigenvalue weighted by molar-refractivity contribution is 7.92. The van der Waals surface area contributed by atoms with Crippen molar-refractivity contribution in [2.45, 2.75) is 32.2 Å². The zero-order chi connectivity index (χ0) is 15.2. The molecule has 7 heteroatoms. The Hall–Kier alpha value is -1.60. The minimum absolute atomic E-state index is 0.318. The molecule has 0 unspecified atom stereocenters. The van der Waals surface area contributed by atoms with Crippen LogP contribution in [0.25, 0.3) is 0 Å². The summed E-state index contributed by atoms with van der Waals surface area (Å²) in [4.78, 5) is 11.9. The van der Waals surface area contributed by atoms with Gasteiger partial charge in [-0.3, -0.25) is 9.52 Å². The van der Waals surface area contributed by atoms with Gasteiger partial charge in [-0.1, -0.05) is 31.9 Å². The van der Waals surface area contributed by atoms with Crippen molar-refractivity contribution >= 4 is 27.3 Å². The Morgan fingerprint density at radius 2 is 1.90 bits per heavy atom.